The molecule has 4 rings (SSSR count). The molecule has 1 heterocycles. The molecule has 0 aliphatic carbocycles. The molecule has 8 nitrogen and oxygen atoms in total. The molecule has 0 bridgehead atoms. The zero-order valence-corrected chi connectivity index (χ0v) is 19.8. The zero-order chi connectivity index (χ0) is 24.1. The number of methoxy groups -OCH3 is 1. The lowest BCUT2D eigenvalue weighted by Crippen LogP contribution is -2.30. The van der Waals surface area contributed by atoms with E-state index in [4.69, 9.17) is 14.2 Å². The van der Waals surface area contributed by atoms with Crippen LogP contribution in [0, 0.1) is 0 Å². The average molecular weight is 483 g/mol. The van der Waals surface area contributed by atoms with Gasteiger partial charge < -0.3 is 19.1 Å². The summed E-state index contributed by atoms with van der Waals surface area (Å²) in [5.41, 5.74) is 1.81. The van der Waals surface area contributed by atoms with Crippen molar-refractivity contribution >= 4 is 21.6 Å². The van der Waals surface area contributed by atoms with E-state index >= 15 is 0 Å². The van der Waals surface area contributed by atoms with Crippen LogP contribution in [0.2, 0.25) is 0 Å². The Labute approximate surface area is 199 Å². The molecule has 0 saturated carbocycles. The fourth-order valence-corrected chi connectivity index (χ4v) is 4.62. The molecule has 9 heteroatoms. The Balaban J connectivity index is 1.44. The maximum atomic E-state index is 13.0. The molecule has 0 aromatic heterocycles. The van der Waals surface area contributed by atoms with Crippen molar-refractivity contribution in [2.75, 3.05) is 31.6 Å². The summed E-state index contributed by atoms with van der Waals surface area (Å²) in [5.74, 6) is 1.53. The van der Waals surface area contributed by atoms with Gasteiger partial charge in [0.05, 0.1) is 12.0 Å². The number of benzene rings is 3. The first-order valence-corrected chi connectivity index (χ1v) is 12.3. The maximum absolute atomic E-state index is 13.0. The van der Waals surface area contributed by atoms with Crippen LogP contribution in [0.3, 0.4) is 0 Å². The van der Waals surface area contributed by atoms with Gasteiger partial charge in [0.15, 0.2) is 11.5 Å². The van der Waals surface area contributed by atoms with Gasteiger partial charge in [-0.2, -0.15) is 0 Å². The van der Waals surface area contributed by atoms with Crippen LogP contribution in [0.1, 0.15) is 22.8 Å². The molecule has 0 fully saturated rings. The van der Waals surface area contributed by atoms with Crippen LogP contribution < -0.4 is 18.9 Å². The van der Waals surface area contributed by atoms with Gasteiger partial charge in [-0.3, -0.25) is 9.52 Å². The number of fused-ring (bicyclic) bond motifs is 1. The van der Waals surface area contributed by atoms with Gasteiger partial charge in [0.2, 0.25) is 0 Å². The summed E-state index contributed by atoms with van der Waals surface area (Å²) in [6.07, 6.45) is 0. The highest BCUT2D eigenvalue weighted by Gasteiger charge is 2.20. The van der Waals surface area contributed by atoms with E-state index in [9.17, 15) is 13.2 Å². The quantitative estimate of drug-likeness (QED) is 0.523. The van der Waals surface area contributed by atoms with Crippen molar-refractivity contribution in [1.82, 2.24) is 4.90 Å². The topological polar surface area (TPSA) is 94.2 Å². The van der Waals surface area contributed by atoms with Gasteiger partial charge >= 0.3 is 0 Å². The molecule has 0 unspecified atom stereocenters. The molecular weight excluding hydrogens is 456 g/mol. The number of nitrogens with one attached hydrogen (secondary N) is 1. The van der Waals surface area contributed by atoms with Crippen molar-refractivity contribution in [3.8, 4) is 17.2 Å². The highest BCUT2D eigenvalue weighted by Crippen LogP contribution is 2.32. The maximum Gasteiger partial charge on any atom is 0.262 e. The average Bonchev–Trinajstić information content (AvgIpc) is 2.87. The van der Waals surface area contributed by atoms with Crippen molar-refractivity contribution in [3.63, 3.8) is 0 Å². The Bertz CT molecular complexity index is 1260. The lowest BCUT2D eigenvalue weighted by molar-refractivity contribution is 0.0752. The number of carbonyl (C=O) groups excluding carboxylic acids is 1. The summed E-state index contributed by atoms with van der Waals surface area (Å²) >= 11 is 0. The largest absolute Gasteiger partial charge is 0.497 e. The molecule has 0 spiro atoms. The fraction of sp³-hybridized carbons (Fsp3) is 0.240. The molecule has 0 saturated heterocycles. The Kier molecular flexibility index (Phi) is 6.93. The normalized spacial score (nSPS) is 12.6. The first-order chi connectivity index (χ1) is 16.4. The number of amides is 1. The Morgan fingerprint density at radius 3 is 2.29 bits per heavy atom. The highest BCUT2D eigenvalue weighted by molar-refractivity contribution is 7.92. The number of sulfonamides is 1. The second-order valence-corrected chi connectivity index (χ2v) is 9.34. The standard InChI is InChI=1S/C25H26N2O6S/c1-3-27(17-18-4-10-21(31-2)11-5-18)25(28)19-6-8-20(9-7-19)26-34(29,30)22-12-13-23-24(16-22)33-15-14-32-23/h4-13,16,26H,3,14-15,17H2,1-2H3. The zero-order valence-electron chi connectivity index (χ0n) is 19.0. The van der Waals surface area contributed by atoms with Crippen LogP contribution >= 0.6 is 0 Å². The molecule has 1 aliphatic rings. The molecule has 34 heavy (non-hydrogen) atoms. The Hall–Kier alpha value is -3.72. The molecule has 178 valence electrons. The third kappa shape index (κ3) is 5.26. The van der Waals surface area contributed by atoms with Crippen molar-refractivity contribution < 1.29 is 27.4 Å². The number of carbonyl (C=O) groups is 1. The van der Waals surface area contributed by atoms with Gasteiger partial charge in [-0.25, -0.2) is 8.42 Å². The number of nitrogens with zero attached hydrogens (tertiary/aromatic N) is 1. The van der Waals surface area contributed by atoms with E-state index < -0.39 is 10.0 Å². The third-order valence-corrected chi connectivity index (χ3v) is 6.79. The minimum Gasteiger partial charge on any atom is -0.497 e. The third-order valence-electron chi connectivity index (χ3n) is 5.41. The molecular formula is C25H26N2O6S. The summed E-state index contributed by atoms with van der Waals surface area (Å²) in [6.45, 7) is 3.70. The molecule has 1 amide bonds. The van der Waals surface area contributed by atoms with Gasteiger partial charge in [-0.05, 0) is 61.0 Å². The summed E-state index contributed by atoms with van der Waals surface area (Å²) in [4.78, 5) is 14.8. The number of rotatable bonds is 8. The van der Waals surface area contributed by atoms with Crippen LogP contribution in [-0.2, 0) is 16.6 Å². The molecule has 3 aromatic rings. The van der Waals surface area contributed by atoms with Gasteiger partial charge in [-0.15, -0.1) is 0 Å². The van der Waals surface area contributed by atoms with Crippen molar-refractivity contribution in [1.29, 1.82) is 0 Å². The van der Waals surface area contributed by atoms with E-state index in [1.807, 2.05) is 31.2 Å². The van der Waals surface area contributed by atoms with Crippen LogP contribution in [0.5, 0.6) is 17.2 Å². The smallest absolute Gasteiger partial charge is 0.262 e. The highest BCUT2D eigenvalue weighted by atomic mass is 32.2. The minimum absolute atomic E-state index is 0.0635. The van der Waals surface area contributed by atoms with E-state index in [-0.39, 0.29) is 10.8 Å². The molecule has 3 aromatic carbocycles. The predicted molar refractivity (Wildman–Crippen MR) is 128 cm³/mol. The fourth-order valence-electron chi connectivity index (χ4n) is 3.55. The SMILES string of the molecule is CCN(Cc1ccc(OC)cc1)C(=O)c1ccc(NS(=O)(=O)c2ccc3c(c2)OCCO3)cc1. The molecule has 1 aliphatic heterocycles. The predicted octanol–water partition coefficient (Wildman–Crippen LogP) is 3.93. The van der Waals surface area contributed by atoms with Crippen LogP contribution in [0.15, 0.2) is 71.6 Å². The van der Waals surface area contributed by atoms with E-state index in [0.29, 0.717) is 49.1 Å². The summed E-state index contributed by atoms with van der Waals surface area (Å²) in [7, 11) is -2.23. The molecule has 1 N–H and O–H groups in total. The van der Waals surface area contributed by atoms with E-state index in [0.717, 1.165) is 11.3 Å². The lowest BCUT2D eigenvalue weighted by Gasteiger charge is -2.21. The second kappa shape index (κ2) is 10.0. The number of hydrogen-bond donors (Lipinski definition) is 1. The first-order valence-electron chi connectivity index (χ1n) is 10.8. The summed E-state index contributed by atoms with van der Waals surface area (Å²) in [6, 6.07) is 18.4. The number of hydrogen-bond acceptors (Lipinski definition) is 6. The Morgan fingerprint density at radius 2 is 1.65 bits per heavy atom. The van der Waals surface area contributed by atoms with Crippen LogP contribution in [-0.4, -0.2) is 46.1 Å². The second-order valence-electron chi connectivity index (χ2n) is 7.66. The molecule has 0 atom stereocenters. The first kappa shape index (κ1) is 23.4. The Morgan fingerprint density at radius 1 is 0.971 bits per heavy atom. The summed E-state index contributed by atoms with van der Waals surface area (Å²) in [5, 5.41) is 0. The van der Waals surface area contributed by atoms with Gasteiger partial charge in [0, 0.05) is 30.4 Å². The van der Waals surface area contributed by atoms with E-state index in [2.05, 4.69) is 4.72 Å². The number of anilines is 1. The number of ether oxygens (including phenoxy) is 3. The lowest BCUT2D eigenvalue weighted by atomic mass is 10.1. The van der Waals surface area contributed by atoms with Crippen LogP contribution in [0.4, 0.5) is 5.69 Å². The monoisotopic (exact) mass is 482 g/mol. The van der Waals surface area contributed by atoms with Gasteiger partial charge in [-0.1, -0.05) is 12.1 Å². The van der Waals surface area contributed by atoms with Crippen molar-refractivity contribution in [2.24, 2.45) is 0 Å². The van der Waals surface area contributed by atoms with E-state index in [1.54, 1.807) is 42.3 Å². The van der Waals surface area contributed by atoms with Gasteiger partial charge in [0.25, 0.3) is 15.9 Å². The minimum atomic E-state index is -3.84. The molecule has 0 radical (unpaired) electrons. The van der Waals surface area contributed by atoms with Crippen LogP contribution in [0.25, 0.3) is 0 Å². The van der Waals surface area contributed by atoms with Crippen molar-refractivity contribution in [2.45, 2.75) is 18.4 Å². The van der Waals surface area contributed by atoms with E-state index in [1.165, 1.54) is 12.1 Å². The van der Waals surface area contributed by atoms with Crippen molar-refractivity contribution in [3.05, 3.63) is 77.9 Å². The van der Waals surface area contributed by atoms with Gasteiger partial charge in [0.1, 0.15) is 19.0 Å². The summed E-state index contributed by atoms with van der Waals surface area (Å²) < 4.78 is 44.3.